The Balaban J connectivity index is 2.55. The van der Waals surface area contributed by atoms with Gasteiger partial charge in [0.15, 0.2) is 0 Å². The molecule has 1 rings (SSSR count). The number of hydrogen-bond acceptors (Lipinski definition) is 2. The second-order valence-corrected chi connectivity index (χ2v) is 5.11. The molecule has 0 aromatic heterocycles. The molecular formula is C12H16BrNO2. The van der Waals surface area contributed by atoms with E-state index < -0.39 is 5.60 Å². The minimum Gasteiger partial charge on any atom is -0.378 e. The minimum atomic E-state index is -0.431. The summed E-state index contributed by atoms with van der Waals surface area (Å²) in [5.74, 6) is -0.0471. The molecule has 1 aromatic carbocycles. The average Bonchev–Trinajstić information content (AvgIpc) is 2.21. The summed E-state index contributed by atoms with van der Waals surface area (Å²) in [7, 11) is 1.60. The molecular weight excluding hydrogens is 270 g/mol. The minimum absolute atomic E-state index is 0.0471. The third kappa shape index (κ3) is 4.33. The molecule has 4 heteroatoms. The van der Waals surface area contributed by atoms with E-state index in [-0.39, 0.29) is 5.91 Å². The highest BCUT2D eigenvalue weighted by atomic mass is 79.9. The molecule has 0 heterocycles. The van der Waals surface area contributed by atoms with Crippen LogP contribution < -0.4 is 5.32 Å². The number of methoxy groups -OCH3 is 1. The van der Waals surface area contributed by atoms with E-state index in [4.69, 9.17) is 4.74 Å². The van der Waals surface area contributed by atoms with Crippen molar-refractivity contribution in [3.63, 3.8) is 0 Å². The fourth-order valence-electron chi connectivity index (χ4n) is 1.20. The number of carbonyl (C=O) groups is 1. The van der Waals surface area contributed by atoms with Crippen LogP contribution in [-0.4, -0.2) is 18.6 Å². The largest absolute Gasteiger partial charge is 0.378 e. The van der Waals surface area contributed by atoms with Gasteiger partial charge in [-0.15, -0.1) is 0 Å². The third-order valence-corrected chi connectivity index (χ3v) is 2.80. The summed E-state index contributed by atoms with van der Waals surface area (Å²) >= 11 is 3.34. The van der Waals surface area contributed by atoms with Gasteiger partial charge in [0.05, 0.1) is 12.0 Å². The molecule has 88 valence electrons. The maximum absolute atomic E-state index is 11.7. The van der Waals surface area contributed by atoms with E-state index in [1.54, 1.807) is 7.11 Å². The summed E-state index contributed by atoms with van der Waals surface area (Å²) < 4.78 is 6.19. The first-order chi connectivity index (χ1) is 7.43. The molecule has 0 bridgehead atoms. The molecule has 1 aromatic rings. The molecule has 0 radical (unpaired) electrons. The second-order valence-electron chi connectivity index (χ2n) is 4.20. The van der Waals surface area contributed by atoms with E-state index in [1.165, 1.54) is 0 Å². The van der Waals surface area contributed by atoms with Crippen LogP contribution in [0.3, 0.4) is 0 Å². The van der Waals surface area contributed by atoms with Crippen LogP contribution in [0.2, 0.25) is 0 Å². The molecule has 0 spiro atoms. The molecule has 0 atom stereocenters. The van der Waals surface area contributed by atoms with Crippen molar-refractivity contribution in [3.05, 3.63) is 28.7 Å². The number of anilines is 1. The zero-order valence-corrected chi connectivity index (χ0v) is 11.3. The van der Waals surface area contributed by atoms with Gasteiger partial charge in [-0.05, 0) is 38.1 Å². The Morgan fingerprint density at radius 2 is 1.94 bits per heavy atom. The number of amides is 1. The van der Waals surface area contributed by atoms with E-state index in [1.807, 2.05) is 38.1 Å². The Kier molecular flexibility index (Phi) is 4.50. The first-order valence-electron chi connectivity index (χ1n) is 5.03. The summed E-state index contributed by atoms with van der Waals surface area (Å²) in [6, 6.07) is 7.47. The van der Waals surface area contributed by atoms with Gasteiger partial charge < -0.3 is 10.1 Å². The van der Waals surface area contributed by atoms with E-state index in [2.05, 4.69) is 21.2 Å². The lowest BCUT2D eigenvalue weighted by molar-refractivity contribution is -0.121. The van der Waals surface area contributed by atoms with Crippen molar-refractivity contribution in [1.82, 2.24) is 0 Å². The van der Waals surface area contributed by atoms with Crippen LogP contribution in [0.15, 0.2) is 28.7 Å². The Bertz CT molecular complexity index is 360. The number of hydrogen-bond donors (Lipinski definition) is 1. The van der Waals surface area contributed by atoms with Crippen LogP contribution >= 0.6 is 15.9 Å². The van der Waals surface area contributed by atoms with Crippen molar-refractivity contribution >= 4 is 27.5 Å². The molecule has 0 saturated carbocycles. The third-order valence-electron chi connectivity index (χ3n) is 2.27. The second kappa shape index (κ2) is 5.46. The lowest BCUT2D eigenvalue weighted by Crippen LogP contribution is -2.29. The fraction of sp³-hybridized carbons (Fsp3) is 0.417. The fourth-order valence-corrected chi connectivity index (χ4v) is 1.46. The summed E-state index contributed by atoms with van der Waals surface area (Å²) in [4.78, 5) is 11.7. The van der Waals surface area contributed by atoms with E-state index >= 15 is 0 Å². The smallest absolute Gasteiger partial charge is 0.227 e. The maximum atomic E-state index is 11.7. The quantitative estimate of drug-likeness (QED) is 0.923. The normalized spacial score (nSPS) is 11.2. The number of benzene rings is 1. The van der Waals surface area contributed by atoms with Crippen molar-refractivity contribution in [2.24, 2.45) is 0 Å². The highest BCUT2D eigenvalue weighted by Gasteiger charge is 2.20. The van der Waals surface area contributed by atoms with Gasteiger partial charge in [0, 0.05) is 17.3 Å². The van der Waals surface area contributed by atoms with E-state index in [0.29, 0.717) is 6.42 Å². The van der Waals surface area contributed by atoms with Crippen LogP contribution in [0, 0.1) is 0 Å². The number of ether oxygens (including phenoxy) is 1. The van der Waals surface area contributed by atoms with Gasteiger partial charge in [-0.25, -0.2) is 0 Å². The van der Waals surface area contributed by atoms with Gasteiger partial charge in [0.25, 0.3) is 0 Å². The van der Waals surface area contributed by atoms with Gasteiger partial charge in [0.1, 0.15) is 0 Å². The molecule has 0 fully saturated rings. The predicted octanol–water partition coefficient (Wildman–Crippen LogP) is 3.20. The Hall–Kier alpha value is -0.870. The summed E-state index contributed by atoms with van der Waals surface area (Å²) in [5, 5.41) is 2.82. The molecule has 1 N–H and O–H groups in total. The summed E-state index contributed by atoms with van der Waals surface area (Å²) in [6.07, 6.45) is 0.333. The zero-order chi connectivity index (χ0) is 12.2. The van der Waals surface area contributed by atoms with Crippen LogP contribution in [0.5, 0.6) is 0 Å². The monoisotopic (exact) mass is 285 g/mol. The van der Waals surface area contributed by atoms with Crippen molar-refractivity contribution in [3.8, 4) is 0 Å². The zero-order valence-electron chi connectivity index (χ0n) is 9.71. The highest BCUT2D eigenvalue weighted by molar-refractivity contribution is 9.10. The SMILES string of the molecule is COC(C)(C)CC(=O)Nc1ccc(Br)cc1. The van der Waals surface area contributed by atoms with Crippen molar-refractivity contribution < 1.29 is 9.53 Å². The van der Waals surface area contributed by atoms with E-state index in [0.717, 1.165) is 10.2 Å². The number of rotatable bonds is 4. The van der Waals surface area contributed by atoms with Crippen molar-refractivity contribution in [1.29, 1.82) is 0 Å². The first kappa shape index (κ1) is 13.2. The van der Waals surface area contributed by atoms with Crippen LogP contribution in [0.1, 0.15) is 20.3 Å². The van der Waals surface area contributed by atoms with Gasteiger partial charge in [-0.2, -0.15) is 0 Å². The van der Waals surface area contributed by atoms with E-state index in [9.17, 15) is 4.79 Å². The Morgan fingerprint density at radius 3 is 2.44 bits per heavy atom. The average molecular weight is 286 g/mol. The molecule has 0 aliphatic carbocycles. The molecule has 0 saturated heterocycles. The molecule has 0 aliphatic rings. The molecule has 16 heavy (non-hydrogen) atoms. The van der Waals surface area contributed by atoms with Crippen molar-refractivity contribution in [2.45, 2.75) is 25.9 Å². The van der Waals surface area contributed by atoms with Crippen LogP contribution in [0.25, 0.3) is 0 Å². The Morgan fingerprint density at radius 1 is 1.38 bits per heavy atom. The van der Waals surface area contributed by atoms with Gasteiger partial charge in [-0.3, -0.25) is 4.79 Å². The standard InChI is InChI=1S/C12H16BrNO2/c1-12(2,16-3)8-11(15)14-10-6-4-9(13)5-7-10/h4-7H,8H2,1-3H3,(H,14,15). The Labute approximate surface area is 104 Å². The summed E-state index contributed by atoms with van der Waals surface area (Å²) in [6.45, 7) is 3.77. The highest BCUT2D eigenvalue weighted by Crippen LogP contribution is 2.17. The molecule has 3 nitrogen and oxygen atoms in total. The predicted molar refractivity (Wildman–Crippen MR) is 68.5 cm³/mol. The number of carbonyl (C=O) groups excluding carboxylic acids is 1. The van der Waals surface area contributed by atoms with Gasteiger partial charge >= 0.3 is 0 Å². The summed E-state index contributed by atoms with van der Waals surface area (Å²) in [5.41, 5.74) is 0.361. The number of nitrogens with one attached hydrogen (secondary N) is 1. The lowest BCUT2D eigenvalue weighted by atomic mass is 10.0. The first-order valence-corrected chi connectivity index (χ1v) is 5.83. The number of halogens is 1. The van der Waals surface area contributed by atoms with Gasteiger partial charge in [0.2, 0.25) is 5.91 Å². The van der Waals surface area contributed by atoms with Crippen LogP contribution in [0.4, 0.5) is 5.69 Å². The molecule has 0 aliphatic heterocycles. The molecule has 1 amide bonds. The topological polar surface area (TPSA) is 38.3 Å². The van der Waals surface area contributed by atoms with Crippen LogP contribution in [-0.2, 0) is 9.53 Å². The molecule has 0 unspecified atom stereocenters. The lowest BCUT2D eigenvalue weighted by Gasteiger charge is -2.21. The van der Waals surface area contributed by atoms with Crippen molar-refractivity contribution in [2.75, 3.05) is 12.4 Å². The van der Waals surface area contributed by atoms with Gasteiger partial charge in [-0.1, -0.05) is 15.9 Å². The maximum Gasteiger partial charge on any atom is 0.227 e.